The summed E-state index contributed by atoms with van der Waals surface area (Å²) in [7, 11) is -3.67. The third-order valence-electron chi connectivity index (χ3n) is 3.81. The van der Waals surface area contributed by atoms with Crippen molar-refractivity contribution in [3.8, 4) is 0 Å². The zero-order valence-corrected chi connectivity index (χ0v) is 16.3. The molecule has 11 heteroatoms. The van der Waals surface area contributed by atoms with E-state index in [1.807, 2.05) is 0 Å². The minimum atomic E-state index is -3.67. The molecule has 0 aliphatic carbocycles. The Kier molecular flexibility index (Phi) is 6.63. The second-order valence-corrected chi connectivity index (χ2v) is 8.91. The van der Waals surface area contributed by atoms with Gasteiger partial charge in [0.15, 0.2) is 5.13 Å². The molecule has 6 nitrogen and oxygen atoms in total. The van der Waals surface area contributed by atoms with E-state index in [2.05, 4.69) is 9.88 Å². The summed E-state index contributed by atoms with van der Waals surface area (Å²) in [6.45, 7) is 2.64. The molecule has 0 spiro atoms. The van der Waals surface area contributed by atoms with Gasteiger partial charge in [0.2, 0.25) is 10.0 Å². The normalized spacial score (nSPS) is 16.6. The summed E-state index contributed by atoms with van der Waals surface area (Å²) in [4.78, 5) is 7.22. The molecule has 2 N–H and O–H groups in total. The predicted molar refractivity (Wildman–Crippen MR) is 99.2 cm³/mol. The number of halogens is 3. The van der Waals surface area contributed by atoms with Crippen LogP contribution in [0.2, 0.25) is 5.02 Å². The monoisotopic (exact) mass is 426 g/mol. The maximum Gasteiger partial charge on any atom is 0.243 e. The van der Waals surface area contributed by atoms with Crippen molar-refractivity contribution in [3.05, 3.63) is 40.1 Å². The Hall–Kier alpha value is -0.970. The van der Waals surface area contributed by atoms with Crippen molar-refractivity contribution in [1.29, 1.82) is 0 Å². The number of nitrogen functional groups attached to an aromatic ring is 1. The molecule has 25 heavy (non-hydrogen) atoms. The first-order valence-corrected chi connectivity index (χ1v) is 9.87. The molecule has 2 heterocycles. The lowest BCUT2D eigenvalue weighted by molar-refractivity contribution is 0.183. The van der Waals surface area contributed by atoms with Crippen molar-refractivity contribution < 1.29 is 12.8 Å². The van der Waals surface area contributed by atoms with Crippen molar-refractivity contribution >= 4 is 50.5 Å². The number of nitrogens with zero attached hydrogens (tertiary/aromatic N) is 3. The van der Waals surface area contributed by atoms with Gasteiger partial charge in [-0.05, 0) is 18.2 Å². The van der Waals surface area contributed by atoms with Crippen molar-refractivity contribution in [3.63, 3.8) is 0 Å². The molecule has 0 radical (unpaired) electrons. The first-order valence-electron chi connectivity index (χ1n) is 7.24. The van der Waals surface area contributed by atoms with E-state index in [-0.39, 0.29) is 22.3 Å². The smallest absolute Gasteiger partial charge is 0.243 e. The Morgan fingerprint density at radius 3 is 2.52 bits per heavy atom. The summed E-state index contributed by atoms with van der Waals surface area (Å²) in [6, 6.07) is 3.46. The van der Waals surface area contributed by atoms with E-state index in [1.54, 1.807) is 6.20 Å². The van der Waals surface area contributed by atoms with Gasteiger partial charge >= 0.3 is 0 Å². The maximum atomic E-state index is 13.2. The molecular weight excluding hydrogens is 410 g/mol. The average molecular weight is 427 g/mol. The fraction of sp³-hybridized carbons (Fsp3) is 0.357. The van der Waals surface area contributed by atoms with Crippen molar-refractivity contribution in [2.75, 3.05) is 31.9 Å². The van der Waals surface area contributed by atoms with Crippen LogP contribution in [-0.2, 0) is 16.6 Å². The molecule has 3 rings (SSSR count). The van der Waals surface area contributed by atoms with E-state index in [1.165, 1.54) is 21.7 Å². The molecule has 0 unspecified atom stereocenters. The van der Waals surface area contributed by atoms with Crippen LogP contribution in [0.1, 0.15) is 4.88 Å². The van der Waals surface area contributed by atoms with E-state index < -0.39 is 15.8 Å². The summed E-state index contributed by atoms with van der Waals surface area (Å²) in [5, 5.41) is 0.330. The second kappa shape index (κ2) is 8.15. The highest BCUT2D eigenvalue weighted by Gasteiger charge is 2.29. The minimum Gasteiger partial charge on any atom is -0.375 e. The van der Waals surface area contributed by atoms with Crippen LogP contribution >= 0.6 is 35.3 Å². The lowest BCUT2D eigenvalue weighted by atomic mass is 10.3. The van der Waals surface area contributed by atoms with Crippen LogP contribution < -0.4 is 5.73 Å². The first-order chi connectivity index (χ1) is 11.4. The van der Waals surface area contributed by atoms with Crippen LogP contribution in [0.3, 0.4) is 0 Å². The largest absolute Gasteiger partial charge is 0.375 e. The molecule has 1 saturated heterocycles. The van der Waals surface area contributed by atoms with Crippen LogP contribution in [0.5, 0.6) is 0 Å². The molecule has 2 aromatic rings. The Bertz CT molecular complexity index is 839. The summed E-state index contributed by atoms with van der Waals surface area (Å²) in [6.07, 6.45) is 1.74. The Morgan fingerprint density at radius 1 is 1.28 bits per heavy atom. The molecule has 0 amide bonds. The second-order valence-electron chi connectivity index (χ2n) is 5.42. The van der Waals surface area contributed by atoms with Gasteiger partial charge in [-0.15, -0.1) is 23.7 Å². The number of hydrogen-bond acceptors (Lipinski definition) is 6. The van der Waals surface area contributed by atoms with Crippen LogP contribution in [0, 0.1) is 5.82 Å². The number of anilines is 1. The molecule has 1 aliphatic heterocycles. The van der Waals surface area contributed by atoms with Gasteiger partial charge in [0.25, 0.3) is 0 Å². The fourth-order valence-corrected chi connectivity index (χ4v) is 4.95. The van der Waals surface area contributed by atoms with Gasteiger partial charge in [0.05, 0.1) is 9.92 Å². The number of aromatic nitrogens is 1. The highest BCUT2D eigenvalue weighted by molar-refractivity contribution is 7.89. The Morgan fingerprint density at radius 2 is 1.96 bits per heavy atom. The van der Waals surface area contributed by atoms with E-state index >= 15 is 0 Å². The van der Waals surface area contributed by atoms with Gasteiger partial charge in [0, 0.05) is 43.8 Å². The van der Waals surface area contributed by atoms with Crippen molar-refractivity contribution in [1.82, 2.24) is 14.2 Å². The quantitative estimate of drug-likeness (QED) is 0.811. The van der Waals surface area contributed by atoms with E-state index in [9.17, 15) is 12.8 Å². The number of hydrogen-bond donors (Lipinski definition) is 1. The highest BCUT2D eigenvalue weighted by Crippen LogP contribution is 2.24. The van der Waals surface area contributed by atoms with Crippen molar-refractivity contribution in [2.24, 2.45) is 0 Å². The molecule has 0 saturated carbocycles. The molecule has 1 aromatic heterocycles. The van der Waals surface area contributed by atoms with Gasteiger partial charge < -0.3 is 5.73 Å². The topological polar surface area (TPSA) is 79.5 Å². The predicted octanol–water partition coefficient (Wildman–Crippen LogP) is 2.45. The number of sulfonamides is 1. The average Bonchev–Trinajstić information content (AvgIpc) is 2.95. The Labute approximate surface area is 160 Å². The minimum absolute atomic E-state index is 0. The van der Waals surface area contributed by atoms with Gasteiger partial charge in [-0.1, -0.05) is 11.6 Å². The van der Waals surface area contributed by atoms with Crippen LogP contribution in [0.25, 0.3) is 0 Å². The van der Waals surface area contributed by atoms with Crippen LogP contribution in [0.15, 0.2) is 29.3 Å². The molecule has 0 atom stereocenters. The molecule has 1 aromatic carbocycles. The van der Waals surface area contributed by atoms with E-state index in [0.717, 1.165) is 17.0 Å². The van der Waals surface area contributed by atoms with Gasteiger partial charge in [-0.3, -0.25) is 4.90 Å². The molecule has 1 fully saturated rings. The summed E-state index contributed by atoms with van der Waals surface area (Å²) in [5.41, 5.74) is 5.61. The standard InChI is InChI=1S/C14H16ClFN4O2S2.ClH/c15-12-7-11(1-2-13(12)16)24(21,22)20-5-3-19(4-6-20)9-10-8-18-14(17)23-10;/h1-2,7-8H,3-6,9H2,(H2,17,18);1H. The third kappa shape index (κ3) is 4.60. The van der Waals surface area contributed by atoms with Gasteiger partial charge in [-0.25, -0.2) is 17.8 Å². The third-order valence-corrected chi connectivity index (χ3v) is 6.81. The van der Waals surface area contributed by atoms with Gasteiger partial charge in [-0.2, -0.15) is 4.31 Å². The number of nitrogens with two attached hydrogens (primary N) is 1. The summed E-state index contributed by atoms with van der Waals surface area (Å²) >= 11 is 7.12. The van der Waals surface area contributed by atoms with Crippen LogP contribution in [0.4, 0.5) is 9.52 Å². The number of benzene rings is 1. The van der Waals surface area contributed by atoms with E-state index in [0.29, 0.717) is 37.9 Å². The zero-order valence-electron chi connectivity index (χ0n) is 13.1. The fourth-order valence-electron chi connectivity index (χ4n) is 2.53. The molecule has 138 valence electrons. The summed E-state index contributed by atoms with van der Waals surface area (Å²) in [5.74, 6) is -0.635. The SMILES string of the molecule is Cl.Nc1ncc(CN2CCN(S(=O)(=O)c3ccc(F)c(Cl)c3)CC2)s1. The molecule has 0 bridgehead atoms. The van der Waals surface area contributed by atoms with Crippen molar-refractivity contribution in [2.45, 2.75) is 11.4 Å². The zero-order chi connectivity index (χ0) is 17.3. The summed E-state index contributed by atoms with van der Waals surface area (Å²) < 4.78 is 39.9. The van der Waals surface area contributed by atoms with Crippen LogP contribution in [-0.4, -0.2) is 48.8 Å². The Balaban J connectivity index is 0.00000225. The first kappa shape index (κ1) is 20.3. The van der Waals surface area contributed by atoms with Gasteiger partial charge in [0.1, 0.15) is 5.82 Å². The van der Waals surface area contributed by atoms with E-state index in [4.69, 9.17) is 17.3 Å². The number of rotatable bonds is 4. The number of piperazine rings is 1. The maximum absolute atomic E-state index is 13.2. The molecule has 1 aliphatic rings. The lowest BCUT2D eigenvalue weighted by Gasteiger charge is -2.33. The lowest BCUT2D eigenvalue weighted by Crippen LogP contribution is -2.48. The number of thiazole rings is 1. The highest BCUT2D eigenvalue weighted by atomic mass is 35.5. The molecular formula is C14H17Cl2FN4O2S2.